The van der Waals surface area contributed by atoms with Crippen molar-refractivity contribution in [2.45, 2.75) is 70.1 Å². The summed E-state index contributed by atoms with van der Waals surface area (Å²) in [6, 6.07) is 0.587. The predicted molar refractivity (Wildman–Crippen MR) is 80.2 cm³/mol. The molecule has 3 rings (SSSR count). The number of hydrogen-bond acceptors (Lipinski definition) is 3. The van der Waals surface area contributed by atoms with Crippen LogP contribution < -0.4 is 5.32 Å². The predicted octanol–water partition coefficient (Wildman–Crippen LogP) is 2.61. The van der Waals surface area contributed by atoms with Crippen molar-refractivity contribution < 1.29 is 4.79 Å². The molecular formula is C15H26N2OS. The van der Waals surface area contributed by atoms with Gasteiger partial charge in [0, 0.05) is 6.04 Å². The lowest BCUT2D eigenvalue weighted by molar-refractivity contribution is -0.133. The molecule has 2 aliphatic heterocycles. The second kappa shape index (κ2) is 6.04. The highest BCUT2D eigenvalue weighted by Crippen LogP contribution is 2.35. The normalized spacial score (nSPS) is 34.4. The number of hydrogen-bond donors (Lipinski definition) is 1. The highest BCUT2D eigenvalue weighted by atomic mass is 32.2. The Balaban J connectivity index is 1.76. The van der Waals surface area contributed by atoms with Crippen molar-refractivity contribution in [2.24, 2.45) is 5.92 Å². The largest absolute Gasteiger partial charge is 0.322 e. The monoisotopic (exact) mass is 282 g/mol. The van der Waals surface area contributed by atoms with E-state index in [0.29, 0.717) is 24.0 Å². The van der Waals surface area contributed by atoms with Crippen molar-refractivity contribution in [1.29, 1.82) is 0 Å². The summed E-state index contributed by atoms with van der Waals surface area (Å²) >= 11 is 2.04. The Morgan fingerprint density at radius 1 is 1.21 bits per heavy atom. The first-order valence-corrected chi connectivity index (χ1v) is 9.12. The third-order valence-corrected chi connectivity index (χ3v) is 6.11. The van der Waals surface area contributed by atoms with Crippen molar-refractivity contribution in [3.05, 3.63) is 0 Å². The molecule has 3 nitrogen and oxygen atoms in total. The Kier molecular flexibility index (Phi) is 4.37. The standard InChI is InChI=1S/C15H26N2OS/c1-2-13-15(18)17(12-7-9-19-10-8-12)14(16-13)11-5-3-4-6-11/h11-14,16H,2-10H2,1H3. The lowest BCUT2D eigenvalue weighted by Crippen LogP contribution is -2.49. The fraction of sp³-hybridized carbons (Fsp3) is 0.933. The van der Waals surface area contributed by atoms with Crippen LogP contribution in [0.2, 0.25) is 0 Å². The zero-order valence-corrected chi connectivity index (χ0v) is 12.8. The molecule has 2 heterocycles. The molecule has 3 aliphatic rings. The van der Waals surface area contributed by atoms with Crippen LogP contribution in [-0.4, -0.2) is 40.6 Å². The summed E-state index contributed by atoms with van der Waals surface area (Å²) in [5.41, 5.74) is 0. The third-order valence-electron chi connectivity index (χ3n) is 5.06. The van der Waals surface area contributed by atoms with Crippen LogP contribution in [0.1, 0.15) is 51.9 Å². The molecule has 0 bridgehead atoms. The summed E-state index contributed by atoms with van der Waals surface area (Å²) in [5, 5.41) is 3.65. The summed E-state index contributed by atoms with van der Waals surface area (Å²) in [6.45, 7) is 2.13. The van der Waals surface area contributed by atoms with Gasteiger partial charge >= 0.3 is 0 Å². The fourth-order valence-corrected chi connectivity index (χ4v) is 5.06. The maximum atomic E-state index is 12.7. The van der Waals surface area contributed by atoms with Crippen molar-refractivity contribution in [3.8, 4) is 0 Å². The van der Waals surface area contributed by atoms with Gasteiger partial charge in [0.05, 0.1) is 12.2 Å². The van der Waals surface area contributed by atoms with Gasteiger partial charge in [0.15, 0.2) is 0 Å². The van der Waals surface area contributed by atoms with Crippen LogP contribution in [0.15, 0.2) is 0 Å². The summed E-state index contributed by atoms with van der Waals surface area (Å²) in [5.74, 6) is 3.54. The third kappa shape index (κ3) is 2.66. The number of carbonyl (C=O) groups is 1. The van der Waals surface area contributed by atoms with E-state index in [1.807, 2.05) is 11.8 Å². The number of rotatable bonds is 3. The molecule has 1 saturated carbocycles. The summed E-state index contributed by atoms with van der Waals surface area (Å²) < 4.78 is 0. The van der Waals surface area contributed by atoms with Gasteiger partial charge in [-0.15, -0.1) is 0 Å². The van der Waals surface area contributed by atoms with E-state index < -0.39 is 0 Å². The van der Waals surface area contributed by atoms with Crippen molar-refractivity contribution in [1.82, 2.24) is 10.2 Å². The highest BCUT2D eigenvalue weighted by Gasteiger charge is 2.45. The zero-order valence-electron chi connectivity index (χ0n) is 11.9. The van der Waals surface area contributed by atoms with Crippen LogP contribution in [0.4, 0.5) is 0 Å². The van der Waals surface area contributed by atoms with Gasteiger partial charge in [0.25, 0.3) is 0 Å². The molecular weight excluding hydrogens is 256 g/mol. The van der Waals surface area contributed by atoms with Crippen LogP contribution in [0, 0.1) is 5.92 Å². The average Bonchev–Trinajstić information content (AvgIpc) is 3.07. The highest BCUT2D eigenvalue weighted by molar-refractivity contribution is 7.99. The first-order chi connectivity index (χ1) is 9.31. The van der Waals surface area contributed by atoms with Gasteiger partial charge in [-0.25, -0.2) is 0 Å². The van der Waals surface area contributed by atoms with Crippen LogP contribution in [-0.2, 0) is 4.79 Å². The molecule has 19 heavy (non-hydrogen) atoms. The minimum atomic E-state index is 0.0835. The van der Waals surface area contributed by atoms with Gasteiger partial charge in [0.2, 0.25) is 5.91 Å². The molecule has 1 N–H and O–H groups in total. The molecule has 108 valence electrons. The number of nitrogens with zero attached hydrogens (tertiary/aromatic N) is 1. The number of amides is 1. The first kappa shape index (κ1) is 13.7. The molecule has 2 saturated heterocycles. The van der Waals surface area contributed by atoms with E-state index in [4.69, 9.17) is 0 Å². The smallest absolute Gasteiger partial charge is 0.241 e. The molecule has 1 amide bonds. The van der Waals surface area contributed by atoms with Crippen LogP contribution >= 0.6 is 11.8 Å². The summed E-state index contributed by atoms with van der Waals surface area (Å²) in [4.78, 5) is 14.9. The van der Waals surface area contributed by atoms with Crippen LogP contribution in [0.3, 0.4) is 0 Å². The van der Waals surface area contributed by atoms with E-state index in [-0.39, 0.29) is 6.04 Å². The molecule has 0 aromatic heterocycles. The SMILES string of the molecule is CCC1NC(C2CCCC2)N(C2CCSCC2)C1=O. The summed E-state index contributed by atoms with van der Waals surface area (Å²) in [7, 11) is 0. The molecule has 0 radical (unpaired) electrons. The van der Waals surface area contributed by atoms with Gasteiger partial charge in [0.1, 0.15) is 0 Å². The topological polar surface area (TPSA) is 32.3 Å². The van der Waals surface area contributed by atoms with Gasteiger partial charge < -0.3 is 4.90 Å². The van der Waals surface area contributed by atoms with Crippen LogP contribution in [0.25, 0.3) is 0 Å². The van der Waals surface area contributed by atoms with Crippen LogP contribution in [0.5, 0.6) is 0 Å². The minimum absolute atomic E-state index is 0.0835. The maximum Gasteiger partial charge on any atom is 0.241 e. The van der Waals surface area contributed by atoms with E-state index >= 15 is 0 Å². The van der Waals surface area contributed by atoms with E-state index in [1.54, 1.807) is 0 Å². The Morgan fingerprint density at radius 3 is 2.53 bits per heavy atom. The lowest BCUT2D eigenvalue weighted by Gasteiger charge is -2.37. The Hall–Kier alpha value is -0.220. The van der Waals surface area contributed by atoms with Crippen molar-refractivity contribution in [3.63, 3.8) is 0 Å². The van der Waals surface area contributed by atoms with Gasteiger partial charge in [-0.3, -0.25) is 10.1 Å². The van der Waals surface area contributed by atoms with Crippen molar-refractivity contribution in [2.75, 3.05) is 11.5 Å². The quantitative estimate of drug-likeness (QED) is 0.863. The molecule has 0 aromatic rings. The number of carbonyl (C=O) groups excluding carboxylic acids is 1. The molecule has 2 atom stereocenters. The zero-order chi connectivity index (χ0) is 13.2. The average molecular weight is 282 g/mol. The second-order valence-electron chi connectivity index (χ2n) is 6.21. The molecule has 0 spiro atoms. The Labute approximate surface area is 120 Å². The summed E-state index contributed by atoms with van der Waals surface area (Å²) in [6.07, 6.45) is 8.96. The Bertz CT molecular complexity index is 324. The molecule has 3 fully saturated rings. The lowest BCUT2D eigenvalue weighted by atomic mass is 10.0. The number of nitrogens with one attached hydrogen (secondary N) is 1. The first-order valence-electron chi connectivity index (χ1n) is 7.97. The molecule has 0 aromatic carbocycles. The maximum absolute atomic E-state index is 12.7. The van der Waals surface area contributed by atoms with Gasteiger partial charge in [-0.2, -0.15) is 11.8 Å². The Morgan fingerprint density at radius 2 is 1.89 bits per heavy atom. The van der Waals surface area contributed by atoms with Gasteiger partial charge in [-0.05, 0) is 49.5 Å². The molecule has 4 heteroatoms. The molecule has 2 unspecified atom stereocenters. The van der Waals surface area contributed by atoms with E-state index in [0.717, 1.165) is 6.42 Å². The fourth-order valence-electron chi connectivity index (χ4n) is 3.97. The van der Waals surface area contributed by atoms with Gasteiger partial charge in [-0.1, -0.05) is 19.8 Å². The molecule has 1 aliphatic carbocycles. The van der Waals surface area contributed by atoms with E-state index in [2.05, 4.69) is 17.1 Å². The second-order valence-corrected chi connectivity index (χ2v) is 7.43. The number of thioether (sulfide) groups is 1. The van der Waals surface area contributed by atoms with Crippen molar-refractivity contribution >= 4 is 17.7 Å². The van der Waals surface area contributed by atoms with E-state index in [9.17, 15) is 4.79 Å². The minimum Gasteiger partial charge on any atom is -0.322 e. The van der Waals surface area contributed by atoms with E-state index in [1.165, 1.54) is 50.0 Å².